The number of piperazine rings is 1. The second-order valence-corrected chi connectivity index (χ2v) is 5.51. The van der Waals surface area contributed by atoms with Crippen LogP contribution in [0.15, 0.2) is 42.6 Å². The fourth-order valence-electron chi connectivity index (χ4n) is 2.84. The molecule has 112 valence electrons. The summed E-state index contributed by atoms with van der Waals surface area (Å²) in [5.41, 5.74) is 2.26. The zero-order valence-electron chi connectivity index (χ0n) is 12.5. The number of aryl methyl sites for hydroxylation is 1. The van der Waals surface area contributed by atoms with E-state index in [-0.39, 0.29) is 11.9 Å². The van der Waals surface area contributed by atoms with E-state index >= 15 is 0 Å². The van der Waals surface area contributed by atoms with Crippen molar-refractivity contribution in [1.29, 1.82) is 5.26 Å². The largest absolute Gasteiger partial charge is 0.345 e. The minimum absolute atomic E-state index is 0.0218. The lowest BCUT2D eigenvalue weighted by Crippen LogP contribution is -2.48. The molecule has 1 aromatic heterocycles. The Kier molecular flexibility index (Phi) is 3.94. The van der Waals surface area contributed by atoms with Crippen LogP contribution in [0.3, 0.4) is 0 Å². The van der Waals surface area contributed by atoms with Crippen LogP contribution in [0.2, 0.25) is 0 Å². The molecule has 1 fully saturated rings. The number of nitriles is 1. The lowest BCUT2D eigenvalue weighted by Gasteiger charge is -2.34. The molecule has 1 amide bonds. The first-order chi connectivity index (χ1) is 10.7. The number of rotatable bonds is 2. The van der Waals surface area contributed by atoms with Crippen LogP contribution in [0.1, 0.15) is 27.7 Å². The normalized spacial score (nSPS) is 18.0. The van der Waals surface area contributed by atoms with Crippen molar-refractivity contribution in [2.75, 3.05) is 19.6 Å². The van der Waals surface area contributed by atoms with Crippen LogP contribution in [-0.4, -0.2) is 35.0 Å². The molecule has 22 heavy (non-hydrogen) atoms. The van der Waals surface area contributed by atoms with Gasteiger partial charge in [0.15, 0.2) is 0 Å². The van der Waals surface area contributed by atoms with Gasteiger partial charge in [0, 0.05) is 38.9 Å². The molecule has 1 atom stereocenters. The summed E-state index contributed by atoms with van der Waals surface area (Å²) in [4.78, 5) is 14.5. The van der Waals surface area contributed by atoms with Crippen molar-refractivity contribution in [3.63, 3.8) is 0 Å². The number of aromatic nitrogens is 1. The number of nitrogens with one attached hydrogen (secondary N) is 1. The molecule has 1 N–H and O–H groups in total. The molecule has 1 aliphatic rings. The molecule has 5 nitrogen and oxygen atoms in total. The Labute approximate surface area is 129 Å². The van der Waals surface area contributed by atoms with Crippen molar-refractivity contribution in [3.8, 4) is 6.07 Å². The van der Waals surface area contributed by atoms with Crippen molar-refractivity contribution in [1.82, 2.24) is 14.8 Å². The van der Waals surface area contributed by atoms with Crippen molar-refractivity contribution >= 4 is 5.91 Å². The topological polar surface area (TPSA) is 61.1 Å². The molecule has 0 radical (unpaired) electrons. The van der Waals surface area contributed by atoms with Gasteiger partial charge in [0.25, 0.3) is 5.91 Å². The van der Waals surface area contributed by atoms with Crippen molar-refractivity contribution < 1.29 is 4.79 Å². The second-order valence-electron chi connectivity index (χ2n) is 5.51. The lowest BCUT2D eigenvalue weighted by atomic mass is 10.0. The standard InChI is InChI=1S/C17H18N4O/c1-20-11-13(10-18)9-16(20)17(22)21-8-7-19-15(12-21)14-5-3-2-4-6-14/h2-6,9,11,15,19H,7-8,12H2,1H3/t15-/m0/s1. The van der Waals surface area contributed by atoms with Crippen molar-refractivity contribution in [2.24, 2.45) is 7.05 Å². The summed E-state index contributed by atoms with van der Waals surface area (Å²) in [6.45, 7) is 2.08. The highest BCUT2D eigenvalue weighted by Gasteiger charge is 2.26. The summed E-state index contributed by atoms with van der Waals surface area (Å²) >= 11 is 0. The van der Waals surface area contributed by atoms with Crippen molar-refractivity contribution in [3.05, 3.63) is 59.4 Å². The lowest BCUT2D eigenvalue weighted by molar-refractivity contribution is 0.0693. The van der Waals surface area contributed by atoms with E-state index in [0.29, 0.717) is 24.3 Å². The highest BCUT2D eigenvalue weighted by atomic mass is 16.2. The number of carbonyl (C=O) groups excluding carboxylic acids is 1. The summed E-state index contributed by atoms with van der Waals surface area (Å²) in [5, 5.41) is 12.4. The maximum absolute atomic E-state index is 12.7. The van der Waals surface area contributed by atoms with E-state index in [2.05, 4.69) is 23.5 Å². The Morgan fingerprint density at radius 2 is 2.14 bits per heavy atom. The molecule has 1 aliphatic heterocycles. The minimum Gasteiger partial charge on any atom is -0.345 e. The third kappa shape index (κ3) is 2.74. The SMILES string of the molecule is Cn1cc(C#N)cc1C(=O)N1CCN[C@H](c2ccccc2)C1. The monoisotopic (exact) mass is 294 g/mol. The first-order valence-electron chi connectivity index (χ1n) is 7.33. The Bertz CT molecular complexity index is 714. The molecule has 0 unspecified atom stereocenters. The summed E-state index contributed by atoms with van der Waals surface area (Å²) in [6.07, 6.45) is 1.68. The van der Waals surface area contributed by atoms with Gasteiger partial charge in [0.2, 0.25) is 0 Å². The molecule has 0 spiro atoms. The molecule has 1 saturated heterocycles. The average molecular weight is 294 g/mol. The fourth-order valence-corrected chi connectivity index (χ4v) is 2.84. The predicted octanol–water partition coefficient (Wildman–Crippen LogP) is 1.68. The van der Waals surface area contributed by atoms with Gasteiger partial charge in [0.1, 0.15) is 11.8 Å². The highest BCUT2D eigenvalue weighted by molar-refractivity contribution is 5.93. The first-order valence-corrected chi connectivity index (χ1v) is 7.33. The molecule has 0 saturated carbocycles. The number of hydrogen-bond donors (Lipinski definition) is 1. The van der Waals surface area contributed by atoms with Gasteiger partial charge in [-0.25, -0.2) is 0 Å². The number of amides is 1. The van der Waals surface area contributed by atoms with E-state index in [0.717, 1.165) is 6.54 Å². The maximum Gasteiger partial charge on any atom is 0.270 e. The molecule has 0 bridgehead atoms. The molecular weight excluding hydrogens is 276 g/mol. The Hall–Kier alpha value is -2.58. The van der Waals surface area contributed by atoms with E-state index in [1.54, 1.807) is 23.9 Å². The zero-order valence-corrected chi connectivity index (χ0v) is 12.5. The number of benzene rings is 1. The Balaban J connectivity index is 1.78. The summed E-state index contributed by atoms with van der Waals surface area (Å²) < 4.78 is 1.72. The molecule has 0 aliphatic carbocycles. The molecule has 3 rings (SSSR count). The van der Waals surface area contributed by atoms with Crippen LogP contribution in [-0.2, 0) is 7.05 Å². The summed E-state index contributed by atoms with van der Waals surface area (Å²) in [5.74, 6) is -0.0218. The van der Waals surface area contributed by atoms with E-state index in [9.17, 15) is 4.79 Å². The molecule has 5 heteroatoms. The van der Waals surface area contributed by atoms with Crippen LogP contribution >= 0.6 is 0 Å². The van der Waals surface area contributed by atoms with E-state index in [1.807, 2.05) is 23.1 Å². The zero-order chi connectivity index (χ0) is 15.5. The number of nitrogens with zero attached hydrogens (tertiary/aromatic N) is 3. The van der Waals surface area contributed by atoms with Gasteiger partial charge in [0.05, 0.1) is 5.56 Å². The van der Waals surface area contributed by atoms with Gasteiger partial charge in [-0.3, -0.25) is 4.79 Å². The number of hydrogen-bond acceptors (Lipinski definition) is 3. The van der Waals surface area contributed by atoms with Gasteiger partial charge in [-0.1, -0.05) is 30.3 Å². The molecule has 1 aromatic carbocycles. The van der Waals surface area contributed by atoms with Crippen LogP contribution in [0.5, 0.6) is 0 Å². The van der Waals surface area contributed by atoms with Gasteiger partial charge >= 0.3 is 0 Å². The van der Waals surface area contributed by atoms with E-state index < -0.39 is 0 Å². The Morgan fingerprint density at radius 3 is 2.82 bits per heavy atom. The number of carbonyl (C=O) groups is 1. The van der Waals surface area contributed by atoms with Crippen molar-refractivity contribution in [2.45, 2.75) is 6.04 Å². The summed E-state index contributed by atoms with van der Waals surface area (Å²) in [6, 6.07) is 14.0. The van der Waals surface area contributed by atoms with E-state index in [1.165, 1.54) is 5.56 Å². The summed E-state index contributed by atoms with van der Waals surface area (Å²) in [7, 11) is 1.80. The second kappa shape index (κ2) is 6.04. The maximum atomic E-state index is 12.7. The van der Waals surface area contributed by atoms with Gasteiger partial charge in [-0.05, 0) is 11.6 Å². The predicted molar refractivity (Wildman–Crippen MR) is 83.2 cm³/mol. The van der Waals surface area contributed by atoms with Gasteiger partial charge < -0.3 is 14.8 Å². The quantitative estimate of drug-likeness (QED) is 0.916. The molecule has 2 heterocycles. The fraction of sp³-hybridized carbons (Fsp3) is 0.294. The first kappa shape index (κ1) is 14.4. The highest BCUT2D eigenvalue weighted by Crippen LogP contribution is 2.19. The third-order valence-corrected chi connectivity index (χ3v) is 4.02. The van der Waals surface area contributed by atoms with Gasteiger partial charge in [-0.2, -0.15) is 5.26 Å². The van der Waals surface area contributed by atoms with E-state index in [4.69, 9.17) is 5.26 Å². The molecular formula is C17H18N4O. The third-order valence-electron chi connectivity index (χ3n) is 4.02. The smallest absolute Gasteiger partial charge is 0.270 e. The molecule has 2 aromatic rings. The average Bonchev–Trinajstić information content (AvgIpc) is 2.96. The minimum atomic E-state index is -0.0218. The van der Waals surface area contributed by atoms with Gasteiger partial charge in [-0.15, -0.1) is 0 Å². The van der Waals surface area contributed by atoms with Crippen LogP contribution in [0.25, 0.3) is 0 Å². The van der Waals surface area contributed by atoms with Crippen LogP contribution in [0.4, 0.5) is 0 Å². The Morgan fingerprint density at radius 1 is 1.36 bits per heavy atom. The van der Waals surface area contributed by atoms with Crippen LogP contribution in [0, 0.1) is 11.3 Å². The van der Waals surface area contributed by atoms with Crippen LogP contribution < -0.4 is 5.32 Å².